The van der Waals surface area contributed by atoms with E-state index in [1.54, 1.807) is 18.2 Å². The molecule has 1 aliphatic heterocycles. The molecule has 0 saturated heterocycles. The van der Waals surface area contributed by atoms with Gasteiger partial charge in [-0.15, -0.1) is 0 Å². The Balaban J connectivity index is 1.84. The van der Waals surface area contributed by atoms with E-state index in [4.69, 9.17) is 9.47 Å². The molecule has 0 spiro atoms. The number of carbonyl (C=O) groups excluding carboxylic acids is 2. The van der Waals surface area contributed by atoms with Gasteiger partial charge in [0, 0.05) is 24.3 Å². The summed E-state index contributed by atoms with van der Waals surface area (Å²) in [6.45, 7) is 0.203. The van der Waals surface area contributed by atoms with Gasteiger partial charge in [0.25, 0.3) is 0 Å². The zero-order valence-corrected chi connectivity index (χ0v) is 9.27. The summed E-state index contributed by atoms with van der Waals surface area (Å²) in [7, 11) is 0. The van der Waals surface area contributed by atoms with Gasteiger partial charge in [-0.05, 0) is 24.6 Å². The maximum Gasteiger partial charge on any atom is 0.231 e. The van der Waals surface area contributed by atoms with Gasteiger partial charge in [0.05, 0.1) is 0 Å². The van der Waals surface area contributed by atoms with Gasteiger partial charge in [0.15, 0.2) is 17.3 Å². The highest BCUT2D eigenvalue weighted by atomic mass is 16.7. The van der Waals surface area contributed by atoms with Crippen LogP contribution in [0.3, 0.4) is 0 Å². The minimum atomic E-state index is -0.150. The minimum absolute atomic E-state index is 0.0363. The number of ether oxygens (including phenoxy) is 2. The summed E-state index contributed by atoms with van der Waals surface area (Å²) in [4.78, 5) is 23.3. The Hall–Kier alpha value is -1.84. The topological polar surface area (TPSA) is 52.6 Å². The number of ketones is 2. The standard InChI is InChI=1S/C13H12O4/c14-10-3-1-8(5-10)13(15)9-2-4-11-12(6-9)17-7-16-11/h2,4,6,8H,1,3,5,7H2. The third kappa shape index (κ3) is 1.79. The fraction of sp³-hybridized carbons (Fsp3) is 0.385. The van der Waals surface area contributed by atoms with Gasteiger partial charge in [0.1, 0.15) is 5.78 Å². The van der Waals surface area contributed by atoms with Gasteiger partial charge in [0.2, 0.25) is 6.79 Å². The van der Waals surface area contributed by atoms with Gasteiger partial charge >= 0.3 is 0 Å². The molecule has 0 radical (unpaired) electrons. The van der Waals surface area contributed by atoms with Gasteiger partial charge in [-0.25, -0.2) is 0 Å². The van der Waals surface area contributed by atoms with E-state index in [0.29, 0.717) is 36.3 Å². The van der Waals surface area contributed by atoms with Crippen LogP contribution in [0.1, 0.15) is 29.6 Å². The lowest BCUT2D eigenvalue weighted by atomic mass is 9.96. The Bertz CT molecular complexity index is 492. The Morgan fingerprint density at radius 1 is 1.24 bits per heavy atom. The molecule has 4 heteroatoms. The third-order valence-electron chi connectivity index (χ3n) is 3.27. The Morgan fingerprint density at radius 3 is 2.82 bits per heavy atom. The smallest absolute Gasteiger partial charge is 0.231 e. The minimum Gasteiger partial charge on any atom is -0.454 e. The number of Topliss-reactive ketones (excluding diaryl/α,β-unsaturated/α-hetero) is 2. The largest absolute Gasteiger partial charge is 0.454 e. The maximum absolute atomic E-state index is 12.1. The molecule has 1 saturated carbocycles. The molecule has 1 fully saturated rings. The lowest BCUT2D eigenvalue weighted by Gasteiger charge is -2.07. The monoisotopic (exact) mass is 232 g/mol. The molecule has 1 unspecified atom stereocenters. The Labute approximate surface area is 98.5 Å². The van der Waals surface area contributed by atoms with Gasteiger partial charge in [-0.2, -0.15) is 0 Å². The Morgan fingerprint density at radius 2 is 2.06 bits per heavy atom. The molecule has 2 aliphatic rings. The normalized spacial score (nSPS) is 21.9. The highest BCUT2D eigenvalue weighted by molar-refractivity contribution is 6.02. The number of carbonyl (C=O) groups is 2. The lowest BCUT2D eigenvalue weighted by Crippen LogP contribution is -2.11. The lowest BCUT2D eigenvalue weighted by molar-refractivity contribution is -0.117. The third-order valence-corrected chi connectivity index (χ3v) is 3.27. The number of benzene rings is 1. The molecule has 0 aromatic heterocycles. The summed E-state index contributed by atoms with van der Waals surface area (Å²) in [5.41, 5.74) is 0.606. The predicted molar refractivity (Wildman–Crippen MR) is 59.2 cm³/mol. The van der Waals surface area contributed by atoms with Crippen LogP contribution in [0.25, 0.3) is 0 Å². The number of fused-ring (bicyclic) bond motifs is 1. The van der Waals surface area contributed by atoms with Crippen LogP contribution >= 0.6 is 0 Å². The molecule has 1 aromatic rings. The molecule has 17 heavy (non-hydrogen) atoms. The first-order valence-electron chi connectivity index (χ1n) is 5.69. The maximum atomic E-state index is 12.1. The quantitative estimate of drug-likeness (QED) is 0.731. The van der Waals surface area contributed by atoms with Gasteiger partial charge in [-0.3, -0.25) is 9.59 Å². The van der Waals surface area contributed by atoms with E-state index in [0.717, 1.165) is 0 Å². The first-order valence-corrected chi connectivity index (χ1v) is 5.69. The molecule has 0 bridgehead atoms. The van der Waals surface area contributed by atoms with E-state index in [-0.39, 0.29) is 24.3 Å². The van der Waals surface area contributed by atoms with E-state index < -0.39 is 0 Å². The van der Waals surface area contributed by atoms with Crippen molar-refractivity contribution in [1.29, 1.82) is 0 Å². The van der Waals surface area contributed by atoms with Crippen LogP contribution < -0.4 is 9.47 Å². The van der Waals surface area contributed by atoms with Crippen molar-refractivity contribution in [3.63, 3.8) is 0 Å². The van der Waals surface area contributed by atoms with Crippen molar-refractivity contribution in [3.8, 4) is 11.5 Å². The van der Waals surface area contributed by atoms with Gasteiger partial charge < -0.3 is 9.47 Å². The number of hydrogen-bond donors (Lipinski definition) is 0. The van der Waals surface area contributed by atoms with Crippen LogP contribution in [0.2, 0.25) is 0 Å². The summed E-state index contributed by atoms with van der Waals surface area (Å²) < 4.78 is 10.4. The second kappa shape index (κ2) is 3.87. The van der Waals surface area contributed by atoms with Crippen molar-refractivity contribution in [2.75, 3.05) is 6.79 Å². The number of rotatable bonds is 2. The second-order valence-corrected chi connectivity index (χ2v) is 4.41. The fourth-order valence-electron chi connectivity index (χ4n) is 2.32. The SMILES string of the molecule is O=C1CCC(C(=O)c2ccc3c(c2)OCO3)C1. The van der Waals surface area contributed by atoms with Crippen molar-refractivity contribution in [2.45, 2.75) is 19.3 Å². The molecular formula is C13H12O4. The predicted octanol–water partition coefficient (Wildman–Crippen LogP) is 1.97. The molecule has 88 valence electrons. The molecular weight excluding hydrogens is 220 g/mol. The van der Waals surface area contributed by atoms with Gasteiger partial charge in [-0.1, -0.05) is 0 Å². The van der Waals surface area contributed by atoms with Crippen molar-refractivity contribution in [2.24, 2.45) is 5.92 Å². The molecule has 0 N–H and O–H groups in total. The molecule has 4 nitrogen and oxygen atoms in total. The van der Waals surface area contributed by atoms with Crippen molar-refractivity contribution < 1.29 is 19.1 Å². The van der Waals surface area contributed by atoms with E-state index in [1.165, 1.54) is 0 Å². The summed E-state index contributed by atoms with van der Waals surface area (Å²) in [5, 5.41) is 0. The summed E-state index contributed by atoms with van der Waals surface area (Å²) in [6.07, 6.45) is 1.58. The van der Waals surface area contributed by atoms with Crippen LogP contribution in [0.15, 0.2) is 18.2 Å². The zero-order chi connectivity index (χ0) is 11.8. The zero-order valence-electron chi connectivity index (χ0n) is 9.27. The van der Waals surface area contributed by atoms with Crippen LogP contribution in [0.4, 0.5) is 0 Å². The van der Waals surface area contributed by atoms with E-state index in [1.807, 2.05) is 0 Å². The summed E-state index contributed by atoms with van der Waals surface area (Å²) >= 11 is 0. The van der Waals surface area contributed by atoms with Crippen LogP contribution in [-0.2, 0) is 4.79 Å². The van der Waals surface area contributed by atoms with E-state index in [9.17, 15) is 9.59 Å². The van der Waals surface area contributed by atoms with E-state index in [2.05, 4.69) is 0 Å². The average molecular weight is 232 g/mol. The fourth-order valence-corrected chi connectivity index (χ4v) is 2.32. The average Bonchev–Trinajstić information content (AvgIpc) is 2.95. The van der Waals surface area contributed by atoms with Crippen molar-refractivity contribution in [3.05, 3.63) is 23.8 Å². The molecule has 1 aromatic carbocycles. The second-order valence-electron chi connectivity index (χ2n) is 4.41. The highest BCUT2D eigenvalue weighted by Crippen LogP contribution is 2.34. The summed E-state index contributed by atoms with van der Waals surface area (Å²) in [5.74, 6) is 1.35. The number of hydrogen-bond acceptors (Lipinski definition) is 4. The molecule has 1 aliphatic carbocycles. The van der Waals surface area contributed by atoms with Crippen LogP contribution in [0, 0.1) is 5.92 Å². The first kappa shape index (κ1) is 10.3. The first-order chi connectivity index (χ1) is 8.24. The van der Waals surface area contributed by atoms with Crippen LogP contribution in [-0.4, -0.2) is 18.4 Å². The Kier molecular flexibility index (Phi) is 2.35. The highest BCUT2D eigenvalue weighted by Gasteiger charge is 2.29. The van der Waals surface area contributed by atoms with Crippen molar-refractivity contribution >= 4 is 11.6 Å². The summed E-state index contributed by atoms with van der Waals surface area (Å²) in [6, 6.07) is 5.18. The molecule has 3 rings (SSSR count). The molecule has 0 amide bonds. The molecule has 1 atom stereocenters. The molecule has 1 heterocycles. The van der Waals surface area contributed by atoms with Crippen LogP contribution in [0.5, 0.6) is 11.5 Å². The van der Waals surface area contributed by atoms with E-state index >= 15 is 0 Å². The van der Waals surface area contributed by atoms with Crippen molar-refractivity contribution in [1.82, 2.24) is 0 Å².